The second-order valence-electron chi connectivity index (χ2n) is 7.11. The highest BCUT2D eigenvalue weighted by Gasteiger charge is 2.33. The van der Waals surface area contributed by atoms with Crippen LogP contribution in [0.4, 0.5) is 5.69 Å². The molecule has 0 bridgehead atoms. The van der Waals surface area contributed by atoms with Crippen LogP contribution in [0.3, 0.4) is 0 Å². The van der Waals surface area contributed by atoms with Gasteiger partial charge in [0.25, 0.3) is 0 Å². The molecule has 4 rings (SSSR count). The van der Waals surface area contributed by atoms with Gasteiger partial charge in [-0.25, -0.2) is 0 Å². The van der Waals surface area contributed by atoms with Crippen molar-refractivity contribution in [2.24, 2.45) is 16.8 Å². The lowest BCUT2D eigenvalue weighted by molar-refractivity contribution is 0.266. The van der Waals surface area contributed by atoms with E-state index in [1.807, 2.05) is 12.3 Å². The summed E-state index contributed by atoms with van der Waals surface area (Å²) in [5, 5.41) is 9.18. The molecule has 1 unspecified atom stereocenters. The number of hydrogen-bond acceptors (Lipinski definition) is 4. The Kier molecular flexibility index (Phi) is 4.10. The second-order valence-corrected chi connectivity index (χ2v) is 7.11. The van der Waals surface area contributed by atoms with Crippen LogP contribution >= 0.6 is 0 Å². The maximum absolute atomic E-state index is 9.18. The Hall–Kier alpha value is -2.15. The van der Waals surface area contributed by atoms with Crippen molar-refractivity contribution >= 4 is 22.5 Å². The number of furan rings is 1. The first-order valence-corrected chi connectivity index (χ1v) is 9.12. The highest BCUT2D eigenvalue weighted by molar-refractivity contribution is 5.90. The van der Waals surface area contributed by atoms with E-state index in [1.54, 1.807) is 6.26 Å². The molecular formula is C20H23N3O. The quantitative estimate of drug-likeness (QED) is 0.731. The van der Waals surface area contributed by atoms with Crippen molar-refractivity contribution < 1.29 is 4.42 Å². The van der Waals surface area contributed by atoms with E-state index in [1.165, 1.54) is 11.3 Å². The summed E-state index contributed by atoms with van der Waals surface area (Å²) < 4.78 is 5.82. The summed E-state index contributed by atoms with van der Waals surface area (Å²) in [7, 11) is 0. The van der Waals surface area contributed by atoms with E-state index in [0.717, 1.165) is 61.7 Å². The highest BCUT2D eigenvalue weighted by Crippen LogP contribution is 2.47. The zero-order chi connectivity index (χ0) is 16.5. The predicted molar refractivity (Wildman–Crippen MR) is 94.4 cm³/mol. The fourth-order valence-corrected chi connectivity index (χ4v) is 4.44. The van der Waals surface area contributed by atoms with Gasteiger partial charge in [-0.2, -0.15) is 5.26 Å². The van der Waals surface area contributed by atoms with Gasteiger partial charge in [0.05, 0.1) is 24.2 Å². The lowest BCUT2D eigenvalue weighted by Gasteiger charge is -2.32. The summed E-state index contributed by atoms with van der Waals surface area (Å²) in [4.78, 5) is 9.43. The Morgan fingerprint density at radius 1 is 1.25 bits per heavy atom. The molecule has 1 fully saturated rings. The van der Waals surface area contributed by atoms with Gasteiger partial charge in [-0.15, -0.1) is 0 Å². The van der Waals surface area contributed by atoms with Crippen molar-refractivity contribution in [3.05, 3.63) is 24.1 Å². The minimum absolute atomic E-state index is 0.245. The molecule has 1 atom stereocenters. The SMILES string of the molecule is CCC1=Nc2cnc3ccoc3c2C(C2CCC(C#N)CC2)CC1. The molecule has 1 saturated carbocycles. The smallest absolute Gasteiger partial charge is 0.157 e. The Bertz CT molecular complexity index is 806. The van der Waals surface area contributed by atoms with Crippen LogP contribution < -0.4 is 0 Å². The van der Waals surface area contributed by atoms with E-state index in [4.69, 9.17) is 9.41 Å². The molecule has 4 nitrogen and oxygen atoms in total. The highest BCUT2D eigenvalue weighted by atomic mass is 16.3. The van der Waals surface area contributed by atoms with E-state index in [2.05, 4.69) is 18.0 Å². The van der Waals surface area contributed by atoms with E-state index >= 15 is 0 Å². The number of aliphatic imine (C=N–C) groups is 1. The zero-order valence-electron chi connectivity index (χ0n) is 14.2. The summed E-state index contributed by atoms with van der Waals surface area (Å²) in [5.41, 5.74) is 5.37. The molecule has 3 heterocycles. The van der Waals surface area contributed by atoms with Crippen LogP contribution in [-0.4, -0.2) is 10.7 Å². The number of pyridine rings is 1. The summed E-state index contributed by atoms with van der Waals surface area (Å²) in [5.74, 6) is 1.33. The van der Waals surface area contributed by atoms with E-state index in [9.17, 15) is 5.26 Å². The molecular weight excluding hydrogens is 298 g/mol. The Balaban J connectivity index is 1.75. The lowest BCUT2D eigenvalue weighted by atomic mass is 9.72. The molecule has 1 aliphatic carbocycles. The van der Waals surface area contributed by atoms with Gasteiger partial charge in [0.1, 0.15) is 5.52 Å². The van der Waals surface area contributed by atoms with Crippen molar-refractivity contribution in [2.75, 3.05) is 0 Å². The first-order valence-electron chi connectivity index (χ1n) is 9.12. The van der Waals surface area contributed by atoms with Crippen LogP contribution in [-0.2, 0) is 0 Å². The molecule has 0 aromatic carbocycles. The molecule has 2 aromatic rings. The number of fused-ring (bicyclic) bond motifs is 3. The number of hydrogen-bond donors (Lipinski definition) is 0. The van der Waals surface area contributed by atoms with Crippen molar-refractivity contribution in [1.29, 1.82) is 5.26 Å². The summed E-state index contributed by atoms with van der Waals surface area (Å²) >= 11 is 0. The normalized spacial score (nSPS) is 27.2. The monoisotopic (exact) mass is 321 g/mol. The fourth-order valence-electron chi connectivity index (χ4n) is 4.44. The van der Waals surface area contributed by atoms with Crippen LogP contribution in [0.25, 0.3) is 11.1 Å². The maximum Gasteiger partial charge on any atom is 0.157 e. The topological polar surface area (TPSA) is 62.2 Å². The van der Waals surface area contributed by atoms with E-state index in [0.29, 0.717) is 11.8 Å². The molecule has 0 saturated heterocycles. The number of rotatable bonds is 2. The first-order chi connectivity index (χ1) is 11.8. The van der Waals surface area contributed by atoms with Crippen molar-refractivity contribution in [3.63, 3.8) is 0 Å². The van der Waals surface area contributed by atoms with E-state index < -0.39 is 0 Å². The molecule has 2 aliphatic rings. The minimum Gasteiger partial charge on any atom is -0.462 e. The average Bonchev–Trinajstić information content (AvgIpc) is 3.02. The van der Waals surface area contributed by atoms with Crippen LogP contribution in [0.5, 0.6) is 0 Å². The van der Waals surface area contributed by atoms with Crippen molar-refractivity contribution in [3.8, 4) is 6.07 Å². The van der Waals surface area contributed by atoms with Gasteiger partial charge in [-0.05, 0) is 56.8 Å². The number of aromatic nitrogens is 1. The zero-order valence-corrected chi connectivity index (χ0v) is 14.2. The van der Waals surface area contributed by atoms with Crippen LogP contribution in [0, 0.1) is 23.2 Å². The molecule has 2 aromatic heterocycles. The second kappa shape index (κ2) is 6.39. The molecule has 4 heteroatoms. The molecule has 0 spiro atoms. The largest absolute Gasteiger partial charge is 0.462 e. The van der Waals surface area contributed by atoms with Crippen LogP contribution in [0.1, 0.15) is 63.4 Å². The van der Waals surface area contributed by atoms with Crippen molar-refractivity contribution in [1.82, 2.24) is 4.98 Å². The third-order valence-electron chi connectivity index (χ3n) is 5.82. The third kappa shape index (κ3) is 2.62. The van der Waals surface area contributed by atoms with E-state index in [-0.39, 0.29) is 5.92 Å². The summed E-state index contributed by atoms with van der Waals surface area (Å²) in [6.07, 6.45) is 11.1. The maximum atomic E-state index is 9.18. The Labute approximate surface area is 142 Å². The molecule has 0 amide bonds. The van der Waals surface area contributed by atoms with Gasteiger partial charge in [0, 0.05) is 23.3 Å². The van der Waals surface area contributed by atoms with Crippen LogP contribution in [0.15, 0.2) is 27.9 Å². The summed E-state index contributed by atoms with van der Waals surface area (Å²) in [6, 6.07) is 4.39. The Morgan fingerprint density at radius 3 is 2.83 bits per heavy atom. The Morgan fingerprint density at radius 2 is 2.08 bits per heavy atom. The molecule has 0 radical (unpaired) electrons. The van der Waals surface area contributed by atoms with Crippen molar-refractivity contribution in [2.45, 2.75) is 57.8 Å². The average molecular weight is 321 g/mol. The molecule has 124 valence electrons. The standard InChI is InChI=1S/C20H23N3O/c1-2-15-7-8-16(14-5-3-13(11-21)4-6-14)19-18(23-15)12-22-17-9-10-24-20(17)19/h9-10,12-14,16H,2-8H2,1H3. The molecule has 1 aliphatic heterocycles. The number of nitrogens with zero attached hydrogens (tertiary/aromatic N) is 3. The van der Waals surface area contributed by atoms with Gasteiger partial charge in [0.15, 0.2) is 5.58 Å². The minimum atomic E-state index is 0.245. The van der Waals surface area contributed by atoms with Gasteiger partial charge in [-0.3, -0.25) is 9.98 Å². The van der Waals surface area contributed by atoms with Gasteiger partial charge < -0.3 is 4.42 Å². The lowest BCUT2D eigenvalue weighted by Crippen LogP contribution is -2.20. The van der Waals surface area contributed by atoms with Gasteiger partial charge >= 0.3 is 0 Å². The fraction of sp³-hybridized carbons (Fsp3) is 0.550. The molecule has 24 heavy (non-hydrogen) atoms. The van der Waals surface area contributed by atoms with Crippen LogP contribution in [0.2, 0.25) is 0 Å². The molecule has 0 N–H and O–H groups in total. The van der Waals surface area contributed by atoms with Gasteiger partial charge in [0.2, 0.25) is 0 Å². The third-order valence-corrected chi connectivity index (χ3v) is 5.82. The number of nitriles is 1. The predicted octanol–water partition coefficient (Wildman–Crippen LogP) is 5.52. The summed E-state index contributed by atoms with van der Waals surface area (Å²) in [6.45, 7) is 2.18. The van der Waals surface area contributed by atoms with Gasteiger partial charge in [-0.1, -0.05) is 6.92 Å². The first kappa shape index (κ1) is 15.4.